The van der Waals surface area contributed by atoms with Gasteiger partial charge in [0, 0.05) is 25.6 Å². The Bertz CT molecular complexity index is 553. The third-order valence-electron chi connectivity index (χ3n) is 4.20. The normalized spacial score (nSPS) is 22.9. The quantitative estimate of drug-likeness (QED) is 0.884. The molecule has 23 heavy (non-hydrogen) atoms. The molecule has 2 rings (SSSR count). The zero-order valence-corrected chi connectivity index (χ0v) is 14.3. The summed E-state index contributed by atoms with van der Waals surface area (Å²) in [6.07, 6.45) is 0.707. The van der Waals surface area contributed by atoms with Gasteiger partial charge in [-0.2, -0.15) is 0 Å². The molecular formula is C17H24ClFN2O2. The van der Waals surface area contributed by atoms with Crippen LogP contribution in [0.15, 0.2) is 18.2 Å². The smallest absolute Gasteiger partial charge is 0.222 e. The van der Waals surface area contributed by atoms with Crippen LogP contribution in [0.2, 0.25) is 5.02 Å². The van der Waals surface area contributed by atoms with E-state index >= 15 is 0 Å². The third kappa shape index (κ3) is 5.16. The number of amides is 1. The van der Waals surface area contributed by atoms with Gasteiger partial charge in [0.05, 0.1) is 17.2 Å². The molecule has 4 nitrogen and oxygen atoms in total. The van der Waals surface area contributed by atoms with E-state index in [9.17, 15) is 14.3 Å². The van der Waals surface area contributed by atoms with Crippen molar-refractivity contribution < 1.29 is 14.3 Å². The first-order valence-corrected chi connectivity index (χ1v) is 8.39. The van der Waals surface area contributed by atoms with E-state index in [0.29, 0.717) is 25.9 Å². The standard InChI is InChI=1S/C17H24ClFN2O2/c1-11(2)17(23)20-15-5-7-21(8-6-16(15)22)10-12-3-4-13(18)14(19)9-12/h3-4,9,11,15-16,22H,5-8,10H2,1-2H3,(H,20,23)/t15-,16-/m0/s1. The topological polar surface area (TPSA) is 52.6 Å². The van der Waals surface area contributed by atoms with Crippen LogP contribution in [0.5, 0.6) is 0 Å². The molecule has 1 saturated heterocycles. The van der Waals surface area contributed by atoms with E-state index < -0.39 is 11.9 Å². The van der Waals surface area contributed by atoms with Gasteiger partial charge < -0.3 is 10.4 Å². The van der Waals surface area contributed by atoms with Crippen molar-refractivity contribution in [1.82, 2.24) is 10.2 Å². The fourth-order valence-corrected chi connectivity index (χ4v) is 2.83. The summed E-state index contributed by atoms with van der Waals surface area (Å²) in [4.78, 5) is 14.0. The number of likely N-dealkylation sites (tertiary alicyclic amines) is 1. The molecule has 0 unspecified atom stereocenters. The van der Waals surface area contributed by atoms with E-state index in [0.717, 1.165) is 12.1 Å². The van der Waals surface area contributed by atoms with Crippen LogP contribution in [-0.4, -0.2) is 41.1 Å². The maximum absolute atomic E-state index is 13.5. The Labute approximate surface area is 141 Å². The van der Waals surface area contributed by atoms with Crippen LogP contribution < -0.4 is 5.32 Å². The Kier molecular flexibility index (Phi) is 6.39. The van der Waals surface area contributed by atoms with Crippen molar-refractivity contribution in [3.8, 4) is 0 Å². The lowest BCUT2D eigenvalue weighted by Gasteiger charge is -2.22. The average Bonchev–Trinajstić information content (AvgIpc) is 2.66. The molecule has 0 aliphatic carbocycles. The second-order valence-corrected chi connectivity index (χ2v) is 6.85. The minimum atomic E-state index is -0.551. The molecule has 1 aliphatic rings. The van der Waals surface area contributed by atoms with Crippen LogP contribution >= 0.6 is 11.6 Å². The fraction of sp³-hybridized carbons (Fsp3) is 0.588. The van der Waals surface area contributed by atoms with Gasteiger partial charge in [-0.3, -0.25) is 9.69 Å². The Morgan fingerprint density at radius 1 is 1.43 bits per heavy atom. The van der Waals surface area contributed by atoms with Crippen molar-refractivity contribution in [2.24, 2.45) is 5.92 Å². The zero-order valence-electron chi connectivity index (χ0n) is 13.6. The number of nitrogens with one attached hydrogen (secondary N) is 1. The molecule has 1 fully saturated rings. The Morgan fingerprint density at radius 2 is 2.13 bits per heavy atom. The van der Waals surface area contributed by atoms with E-state index in [1.165, 1.54) is 6.07 Å². The monoisotopic (exact) mass is 342 g/mol. The molecule has 2 N–H and O–H groups in total. The Hall–Kier alpha value is -1.17. The van der Waals surface area contributed by atoms with E-state index in [4.69, 9.17) is 11.6 Å². The highest BCUT2D eigenvalue weighted by molar-refractivity contribution is 6.30. The highest BCUT2D eigenvalue weighted by Gasteiger charge is 2.26. The van der Waals surface area contributed by atoms with Gasteiger partial charge in [0.2, 0.25) is 5.91 Å². The molecule has 1 aromatic carbocycles. The molecule has 0 aromatic heterocycles. The van der Waals surface area contributed by atoms with Crippen molar-refractivity contribution in [2.45, 2.75) is 45.4 Å². The van der Waals surface area contributed by atoms with E-state index in [1.54, 1.807) is 6.07 Å². The first-order chi connectivity index (χ1) is 10.9. The first kappa shape index (κ1) is 18.2. The van der Waals surface area contributed by atoms with Gasteiger partial charge in [0.1, 0.15) is 5.82 Å². The molecule has 128 valence electrons. The van der Waals surface area contributed by atoms with Crippen LogP contribution in [0.3, 0.4) is 0 Å². The van der Waals surface area contributed by atoms with Gasteiger partial charge in [-0.25, -0.2) is 4.39 Å². The lowest BCUT2D eigenvalue weighted by molar-refractivity contribution is -0.125. The second-order valence-electron chi connectivity index (χ2n) is 6.44. The van der Waals surface area contributed by atoms with E-state index in [-0.39, 0.29) is 22.9 Å². The second kappa shape index (κ2) is 8.08. The fourth-order valence-electron chi connectivity index (χ4n) is 2.71. The molecule has 0 radical (unpaired) electrons. The van der Waals surface area contributed by atoms with Crippen LogP contribution in [0.25, 0.3) is 0 Å². The largest absolute Gasteiger partial charge is 0.391 e. The molecule has 0 spiro atoms. The van der Waals surface area contributed by atoms with Crippen molar-refractivity contribution in [1.29, 1.82) is 0 Å². The lowest BCUT2D eigenvalue weighted by atomic mass is 10.1. The summed E-state index contributed by atoms with van der Waals surface area (Å²) < 4.78 is 13.5. The van der Waals surface area contributed by atoms with Crippen molar-refractivity contribution in [3.63, 3.8) is 0 Å². The number of hydrogen-bond acceptors (Lipinski definition) is 3. The first-order valence-electron chi connectivity index (χ1n) is 8.01. The number of rotatable bonds is 4. The van der Waals surface area contributed by atoms with Crippen LogP contribution in [-0.2, 0) is 11.3 Å². The SMILES string of the molecule is CC(C)C(=O)N[C@H]1CCN(Cc2ccc(Cl)c(F)c2)CC[C@@H]1O. The van der Waals surface area contributed by atoms with Gasteiger partial charge in [0.25, 0.3) is 0 Å². The molecule has 0 saturated carbocycles. The molecule has 0 bridgehead atoms. The number of nitrogens with zero attached hydrogens (tertiary/aromatic N) is 1. The molecule has 1 aliphatic heterocycles. The van der Waals surface area contributed by atoms with Gasteiger partial charge in [-0.1, -0.05) is 31.5 Å². The molecule has 2 atom stereocenters. The van der Waals surface area contributed by atoms with Crippen molar-refractivity contribution in [2.75, 3.05) is 13.1 Å². The summed E-state index contributed by atoms with van der Waals surface area (Å²) in [7, 11) is 0. The number of hydrogen-bond donors (Lipinski definition) is 2. The van der Waals surface area contributed by atoms with E-state index in [1.807, 2.05) is 19.9 Å². The molecule has 6 heteroatoms. The molecular weight excluding hydrogens is 319 g/mol. The highest BCUT2D eigenvalue weighted by Crippen LogP contribution is 2.19. The number of aliphatic hydroxyl groups excluding tert-OH is 1. The minimum absolute atomic E-state index is 0.0396. The van der Waals surface area contributed by atoms with Gasteiger partial charge in [0.15, 0.2) is 0 Å². The number of benzene rings is 1. The van der Waals surface area contributed by atoms with Crippen LogP contribution in [0.4, 0.5) is 4.39 Å². The maximum atomic E-state index is 13.5. The highest BCUT2D eigenvalue weighted by atomic mass is 35.5. The summed E-state index contributed by atoms with van der Waals surface area (Å²) in [6.45, 7) is 5.72. The third-order valence-corrected chi connectivity index (χ3v) is 4.51. The van der Waals surface area contributed by atoms with E-state index in [2.05, 4.69) is 10.2 Å². The zero-order chi connectivity index (χ0) is 17.0. The van der Waals surface area contributed by atoms with Crippen LogP contribution in [0.1, 0.15) is 32.3 Å². The molecule has 1 aromatic rings. The number of halogens is 2. The maximum Gasteiger partial charge on any atom is 0.222 e. The predicted octanol–water partition coefficient (Wildman–Crippen LogP) is 2.58. The van der Waals surface area contributed by atoms with Crippen molar-refractivity contribution >= 4 is 17.5 Å². The summed E-state index contributed by atoms with van der Waals surface area (Å²) >= 11 is 5.70. The predicted molar refractivity (Wildman–Crippen MR) is 88.7 cm³/mol. The summed E-state index contributed by atoms with van der Waals surface area (Å²) in [5.74, 6) is -0.554. The van der Waals surface area contributed by atoms with Gasteiger partial charge in [-0.15, -0.1) is 0 Å². The number of carbonyl (C=O) groups is 1. The molecule has 1 amide bonds. The van der Waals surface area contributed by atoms with Gasteiger partial charge in [-0.05, 0) is 30.5 Å². The number of carbonyl (C=O) groups excluding carboxylic acids is 1. The summed E-state index contributed by atoms with van der Waals surface area (Å²) in [6, 6.07) is 4.59. The van der Waals surface area contributed by atoms with Crippen LogP contribution in [0, 0.1) is 11.7 Å². The lowest BCUT2D eigenvalue weighted by Crippen LogP contribution is -2.44. The average molecular weight is 343 g/mol. The number of aliphatic hydroxyl groups is 1. The minimum Gasteiger partial charge on any atom is -0.391 e. The molecule has 1 heterocycles. The Balaban J connectivity index is 1.94. The summed E-state index contributed by atoms with van der Waals surface area (Å²) in [5.41, 5.74) is 0.853. The van der Waals surface area contributed by atoms with Gasteiger partial charge >= 0.3 is 0 Å². The van der Waals surface area contributed by atoms with Crippen molar-refractivity contribution in [3.05, 3.63) is 34.6 Å². The summed E-state index contributed by atoms with van der Waals surface area (Å²) in [5, 5.41) is 13.3. The Morgan fingerprint density at radius 3 is 2.78 bits per heavy atom.